The summed E-state index contributed by atoms with van der Waals surface area (Å²) in [6, 6.07) is 5.51. The molecule has 1 aromatic rings. The normalized spacial score (nSPS) is 11.4. The van der Waals surface area contributed by atoms with E-state index in [-0.39, 0.29) is 13.0 Å². The summed E-state index contributed by atoms with van der Waals surface area (Å²) in [4.78, 5) is 11.3. The van der Waals surface area contributed by atoms with Gasteiger partial charge in [-0.05, 0) is 25.0 Å². The van der Waals surface area contributed by atoms with Crippen molar-refractivity contribution in [2.75, 3.05) is 6.54 Å². The Morgan fingerprint density at radius 1 is 1.29 bits per heavy atom. The third kappa shape index (κ3) is 4.46. The van der Waals surface area contributed by atoms with Crippen molar-refractivity contribution in [2.45, 2.75) is 26.6 Å². The summed E-state index contributed by atoms with van der Waals surface area (Å²) in [6.07, 6.45) is -4.13. The quantitative estimate of drug-likeness (QED) is 0.747. The van der Waals surface area contributed by atoms with Crippen LogP contribution in [-0.4, -0.2) is 24.0 Å². The molecule has 0 bridgehead atoms. The molecule has 0 saturated carbocycles. The maximum absolute atomic E-state index is 12.2. The number of alkyl halides is 3. The summed E-state index contributed by atoms with van der Waals surface area (Å²) in [5, 5.41) is 0. The molecule has 0 aliphatic rings. The van der Waals surface area contributed by atoms with Gasteiger partial charge in [-0.1, -0.05) is 23.8 Å². The molecule has 0 unspecified atom stereocenters. The maximum atomic E-state index is 12.2. The molecule has 1 rings (SSSR count). The molecule has 1 aromatic carbocycles. The molecule has 17 heavy (non-hydrogen) atoms. The third-order valence-electron chi connectivity index (χ3n) is 2.41. The van der Waals surface area contributed by atoms with Crippen molar-refractivity contribution in [1.82, 2.24) is 4.90 Å². The Labute approximate surface area is 98.0 Å². The SMILES string of the molecule is Cc1ccc(C)c(CN(C=O)CC(F)(F)F)c1. The van der Waals surface area contributed by atoms with E-state index in [1.54, 1.807) is 6.07 Å². The fourth-order valence-corrected chi connectivity index (χ4v) is 1.55. The van der Waals surface area contributed by atoms with Crippen LogP contribution in [0, 0.1) is 13.8 Å². The molecule has 2 nitrogen and oxygen atoms in total. The van der Waals surface area contributed by atoms with Gasteiger partial charge in [-0.25, -0.2) is 0 Å². The van der Waals surface area contributed by atoms with Gasteiger partial charge in [-0.15, -0.1) is 0 Å². The molecular formula is C12H14F3NO. The van der Waals surface area contributed by atoms with Gasteiger partial charge in [0.25, 0.3) is 0 Å². The molecule has 0 N–H and O–H groups in total. The maximum Gasteiger partial charge on any atom is 0.406 e. The zero-order valence-electron chi connectivity index (χ0n) is 9.71. The van der Waals surface area contributed by atoms with E-state index in [4.69, 9.17) is 0 Å². The monoisotopic (exact) mass is 245 g/mol. The van der Waals surface area contributed by atoms with Crippen molar-refractivity contribution < 1.29 is 18.0 Å². The number of carbonyl (C=O) groups is 1. The molecule has 1 amide bonds. The van der Waals surface area contributed by atoms with Crippen molar-refractivity contribution in [2.24, 2.45) is 0 Å². The lowest BCUT2D eigenvalue weighted by molar-refractivity contribution is -0.155. The Hall–Kier alpha value is -1.52. The smallest absolute Gasteiger partial charge is 0.332 e. The van der Waals surface area contributed by atoms with Crippen LogP contribution >= 0.6 is 0 Å². The lowest BCUT2D eigenvalue weighted by Crippen LogP contribution is -2.32. The number of benzene rings is 1. The van der Waals surface area contributed by atoms with Gasteiger partial charge in [-0.3, -0.25) is 4.79 Å². The molecule has 5 heteroatoms. The van der Waals surface area contributed by atoms with Gasteiger partial charge in [-0.2, -0.15) is 13.2 Å². The van der Waals surface area contributed by atoms with Gasteiger partial charge in [0.2, 0.25) is 6.41 Å². The zero-order valence-corrected chi connectivity index (χ0v) is 9.71. The van der Waals surface area contributed by atoms with Crippen molar-refractivity contribution in [3.05, 3.63) is 34.9 Å². The second-order valence-electron chi connectivity index (χ2n) is 4.06. The topological polar surface area (TPSA) is 20.3 Å². The molecule has 0 heterocycles. The van der Waals surface area contributed by atoms with Crippen LogP contribution in [0.2, 0.25) is 0 Å². The van der Waals surface area contributed by atoms with Gasteiger partial charge in [0.15, 0.2) is 0 Å². The van der Waals surface area contributed by atoms with Crippen molar-refractivity contribution in [3.8, 4) is 0 Å². The summed E-state index contributed by atoms with van der Waals surface area (Å²) >= 11 is 0. The van der Waals surface area contributed by atoms with Crippen LogP contribution in [0.3, 0.4) is 0 Å². The lowest BCUT2D eigenvalue weighted by Gasteiger charge is -2.20. The fraction of sp³-hybridized carbons (Fsp3) is 0.417. The summed E-state index contributed by atoms with van der Waals surface area (Å²) < 4.78 is 36.5. The number of amides is 1. The number of aryl methyl sites for hydroxylation is 2. The van der Waals surface area contributed by atoms with Gasteiger partial charge in [0.1, 0.15) is 6.54 Å². The van der Waals surface area contributed by atoms with Crippen molar-refractivity contribution in [3.63, 3.8) is 0 Å². The number of carbonyl (C=O) groups excluding carboxylic acids is 1. The highest BCUT2D eigenvalue weighted by atomic mass is 19.4. The highest BCUT2D eigenvalue weighted by Gasteiger charge is 2.30. The van der Waals surface area contributed by atoms with Gasteiger partial charge in [0, 0.05) is 6.54 Å². The summed E-state index contributed by atoms with van der Waals surface area (Å²) in [7, 11) is 0. The number of nitrogens with zero attached hydrogens (tertiary/aromatic N) is 1. The highest BCUT2D eigenvalue weighted by molar-refractivity contribution is 5.48. The van der Waals surface area contributed by atoms with E-state index in [0.29, 0.717) is 0 Å². The van der Waals surface area contributed by atoms with E-state index in [0.717, 1.165) is 21.6 Å². The molecular weight excluding hydrogens is 231 g/mol. The second-order valence-corrected chi connectivity index (χ2v) is 4.06. The number of hydrogen-bond donors (Lipinski definition) is 0. The van der Waals surface area contributed by atoms with E-state index >= 15 is 0 Å². The predicted octanol–water partition coefficient (Wildman–Crippen LogP) is 2.82. The van der Waals surface area contributed by atoms with E-state index < -0.39 is 12.7 Å². The van der Waals surface area contributed by atoms with E-state index in [1.165, 1.54) is 0 Å². The number of rotatable bonds is 4. The van der Waals surface area contributed by atoms with E-state index in [9.17, 15) is 18.0 Å². The first-order chi connectivity index (χ1) is 7.81. The van der Waals surface area contributed by atoms with E-state index in [2.05, 4.69) is 0 Å². The average Bonchev–Trinajstić information content (AvgIpc) is 2.20. The van der Waals surface area contributed by atoms with Crippen LogP contribution < -0.4 is 0 Å². The highest BCUT2D eigenvalue weighted by Crippen LogP contribution is 2.18. The van der Waals surface area contributed by atoms with Crippen LogP contribution in [0.1, 0.15) is 16.7 Å². The molecule has 0 aromatic heterocycles. The Balaban J connectivity index is 2.80. The average molecular weight is 245 g/mol. The summed E-state index contributed by atoms with van der Waals surface area (Å²) in [5.74, 6) is 0. The van der Waals surface area contributed by atoms with Crippen LogP contribution in [0.25, 0.3) is 0 Å². The van der Waals surface area contributed by atoms with Crippen molar-refractivity contribution in [1.29, 1.82) is 0 Å². The number of hydrogen-bond acceptors (Lipinski definition) is 1. The predicted molar refractivity (Wildman–Crippen MR) is 58.4 cm³/mol. The molecule has 0 aliphatic carbocycles. The first-order valence-corrected chi connectivity index (χ1v) is 5.14. The van der Waals surface area contributed by atoms with Gasteiger partial charge in [0.05, 0.1) is 0 Å². The Morgan fingerprint density at radius 2 is 1.94 bits per heavy atom. The molecule has 94 valence electrons. The van der Waals surface area contributed by atoms with Crippen LogP contribution in [-0.2, 0) is 11.3 Å². The minimum Gasteiger partial charge on any atom is -0.332 e. The van der Waals surface area contributed by atoms with Gasteiger partial charge < -0.3 is 4.90 Å². The standard InChI is InChI=1S/C12H14F3NO/c1-9-3-4-10(2)11(5-9)6-16(8-17)7-12(13,14)15/h3-5,8H,6-7H2,1-2H3. The largest absolute Gasteiger partial charge is 0.406 e. The zero-order chi connectivity index (χ0) is 13.1. The fourth-order valence-electron chi connectivity index (χ4n) is 1.55. The number of halogens is 3. The summed E-state index contributed by atoms with van der Waals surface area (Å²) in [6.45, 7) is 2.43. The van der Waals surface area contributed by atoms with Crippen LogP contribution in [0.4, 0.5) is 13.2 Å². The minimum atomic E-state index is -4.36. The molecule has 0 saturated heterocycles. The van der Waals surface area contributed by atoms with Crippen molar-refractivity contribution >= 4 is 6.41 Å². The molecule has 0 fully saturated rings. The summed E-state index contributed by atoms with van der Waals surface area (Å²) in [5.41, 5.74) is 2.58. The molecule has 0 aliphatic heterocycles. The van der Waals surface area contributed by atoms with Gasteiger partial charge >= 0.3 is 6.18 Å². The Morgan fingerprint density at radius 3 is 2.47 bits per heavy atom. The van der Waals surface area contributed by atoms with Crippen LogP contribution in [0.5, 0.6) is 0 Å². The van der Waals surface area contributed by atoms with E-state index in [1.807, 2.05) is 26.0 Å². The molecule has 0 atom stereocenters. The molecule has 0 spiro atoms. The minimum absolute atomic E-state index is 0.0173. The third-order valence-corrected chi connectivity index (χ3v) is 2.41. The molecule has 0 radical (unpaired) electrons. The second kappa shape index (κ2) is 5.21. The first-order valence-electron chi connectivity index (χ1n) is 5.14. The Kier molecular flexibility index (Phi) is 4.15. The Bertz CT molecular complexity index is 401. The van der Waals surface area contributed by atoms with Crippen LogP contribution in [0.15, 0.2) is 18.2 Å². The first kappa shape index (κ1) is 13.5. The lowest BCUT2D eigenvalue weighted by atomic mass is 10.1.